The number of hydrogen-bond donors (Lipinski definition) is 1. The van der Waals surface area contributed by atoms with E-state index in [0.717, 1.165) is 28.2 Å². The first-order chi connectivity index (χ1) is 16.0. The van der Waals surface area contributed by atoms with Gasteiger partial charge in [-0.3, -0.25) is 9.97 Å². The Morgan fingerprint density at radius 1 is 1.03 bits per heavy atom. The van der Waals surface area contributed by atoms with Gasteiger partial charge in [-0.15, -0.1) is 0 Å². The number of rotatable bonds is 5. The van der Waals surface area contributed by atoms with Crippen LogP contribution in [0.25, 0.3) is 0 Å². The molecule has 4 aromatic rings. The molecule has 2 atom stereocenters. The summed E-state index contributed by atoms with van der Waals surface area (Å²) in [5.74, 6) is -0.308. The van der Waals surface area contributed by atoms with Crippen LogP contribution in [0.4, 0.5) is 10.1 Å². The summed E-state index contributed by atoms with van der Waals surface area (Å²) < 4.78 is 17.2. The molecule has 33 heavy (non-hydrogen) atoms. The first-order valence-corrected chi connectivity index (χ1v) is 11.3. The largest absolute Gasteiger partial charge is 0.351 e. The second kappa shape index (κ2) is 8.75. The third-order valence-corrected chi connectivity index (χ3v) is 6.52. The molecule has 0 saturated carbocycles. The highest BCUT2D eigenvalue weighted by Gasteiger charge is 2.43. The van der Waals surface area contributed by atoms with Gasteiger partial charge in [-0.1, -0.05) is 24.3 Å². The first kappa shape index (κ1) is 21.3. The van der Waals surface area contributed by atoms with Crippen LogP contribution in [0, 0.1) is 19.7 Å². The molecule has 1 aliphatic heterocycles. The number of aryl methyl sites for hydroxylation is 1. The molecule has 166 valence electrons. The van der Waals surface area contributed by atoms with Crippen molar-refractivity contribution >= 4 is 23.0 Å². The van der Waals surface area contributed by atoms with Crippen LogP contribution in [0.5, 0.6) is 0 Å². The summed E-state index contributed by atoms with van der Waals surface area (Å²) in [7, 11) is 0. The molecular formula is C26H24FN5S. The second-order valence-electron chi connectivity index (χ2n) is 8.22. The number of anilines is 1. The number of halogens is 1. The smallest absolute Gasteiger partial charge is 0.174 e. The highest BCUT2D eigenvalue weighted by molar-refractivity contribution is 7.80. The second-order valence-corrected chi connectivity index (χ2v) is 8.61. The number of nitrogens with one attached hydrogen (secondary N) is 1. The van der Waals surface area contributed by atoms with E-state index in [2.05, 4.69) is 45.8 Å². The summed E-state index contributed by atoms with van der Waals surface area (Å²) in [6.07, 6.45) is 5.43. The Kier molecular flexibility index (Phi) is 5.64. The standard InChI is InChI=1S/C26H24FN5S/c1-17-14-20(18(2)31(17)16-19-8-7-12-28-15-19)25-24(22-10-5-6-13-29-22)30-26(33)32(25)23-11-4-3-9-21(23)27/h3-15,24-25H,16H2,1-2H3,(H,30,33). The van der Waals surface area contributed by atoms with Crippen molar-refractivity contribution in [3.8, 4) is 0 Å². The number of benzene rings is 1. The van der Waals surface area contributed by atoms with E-state index >= 15 is 0 Å². The first-order valence-electron chi connectivity index (χ1n) is 10.9. The lowest BCUT2D eigenvalue weighted by Gasteiger charge is -2.28. The molecule has 0 radical (unpaired) electrons. The van der Waals surface area contributed by atoms with Gasteiger partial charge in [-0.2, -0.15) is 0 Å². The maximum Gasteiger partial charge on any atom is 0.174 e. The van der Waals surface area contributed by atoms with Crippen molar-refractivity contribution in [1.82, 2.24) is 19.9 Å². The third kappa shape index (κ3) is 3.89. The summed E-state index contributed by atoms with van der Waals surface area (Å²) in [6, 6.07) is 18.3. The minimum Gasteiger partial charge on any atom is -0.351 e. The summed E-state index contributed by atoms with van der Waals surface area (Å²) in [5, 5.41) is 3.89. The molecule has 5 rings (SSSR count). The molecule has 1 N–H and O–H groups in total. The van der Waals surface area contributed by atoms with Gasteiger partial charge in [0.05, 0.1) is 23.5 Å². The summed E-state index contributed by atoms with van der Waals surface area (Å²) in [6.45, 7) is 4.91. The van der Waals surface area contributed by atoms with E-state index in [1.807, 2.05) is 41.4 Å². The zero-order chi connectivity index (χ0) is 22.9. The van der Waals surface area contributed by atoms with Crippen LogP contribution < -0.4 is 10.2 Å². The molecule has 7 heteroatoms. The average Bonchev–Trinajstić information content (AvgIpc) is 3.31. The molecule has 1 fully saturated rings. The Morgan fingerprint density at radius 3 is 2.58 bits per heavy atom. The van der Waals surface area contributed by atoms with E-state index < -0.39 is 0 Å². The lowest BCUT2D eigenvalue weighted by molar-refractivity contribution is 0.554. The predicted molar refractivity (Wildman–Crippen MR) is 132 cm³/mol. The summed E-state index contributed by atoms with van der Waals surface area (Å²) in [4.78, 5) is 10.7. The van der Waals surface area contributed by atoms with Crippen LogP contribution in [-0.2, 0) is 6.54 Å². The molecule has 4 heterocycles. The van der Waals surface area contributed by atoms with E-state index in [1.54, 1.807) is 24.5 Å². The van der Waals surface area contributed by atoms with Crippen molar-refractivity contribution in [2.24, 2.45) is 0 Å². The molecular weight excluding hydrogens is 433 g/mol. The van der Waals surface area contributed by atoms with Crippen LogP contribution in [-0.4, -0.2) is 19.6 Å². The third-order valence-electron chi connectivity index (χ3n) is 6.21. The highest BCUT2D eigenvalue weighted by atomic mass is 32.1. The van der Waals surface area contributed by atoms with Gasteiger partial charge in [0.2, 0.25) is 0 Å². The average molecular weight is 458 g/mol. The number of nitrogens with zero attached hydrogens (tertiary/aromatic N) is 4. The Bertz CT molecular complexity index is 1290. The van der Waals surface area contributed by atoms with Crippen molar-refractivity contribution in [1.29, 1.82) is 0 Å². The monoisotopic (exact) mass is 457 g/mol. The normalized spacial score (nSPS) is 17.9. The molecule has 0 amide bonds. The Labute approximate surface area is 197 Å². The lowest BCUT2D eigenvalue weighted by Crippen LogP contribution is -2.30. The quantitative estimate of drug-likeness (QED) is 0.414. The maximum absolute atomic E-state index is 14.9. The molecule has 3 aromatic heterocycles. The van der Waals surface area contributed by atoms with Crippen molar-refractivity contribution in [3.05, 3.63) is 113 Å². The molecule has 0 aliphatic carbocycles. The fourth-order valence-electron chi connectivity index (χ4n) is 4.62. The Morgan fingerprint density at radius 2 is 1.85 bits per heavy atom. The van der Waals surface area contributed by atoms with Crippen molar-refractivity contribution in [2.75, 3.05) is 4.90 Å². The molecule has 0 bridgehead atoms. The van der Waals surface area contributed by atoms with Gasteiger partial charge in [0.1, 0.15) is 5.82 Å². The predicted octanol–water partition coefficient (Wildman–Crippen LogP) is 5.26. The van der Waals surface area contributed by atoms with Crippen molar-refractivity contribution in [2.45, 2.75) is 32.5 Å². The van der Waals surface area contributed by atoms with Gasteiger partial charge in [0.25, 0.3) is 0 Å². The van der Waals surface area contributed by atoms with E-state index in [9.17, 15) is 4.39 Å². The Balaban J connectivity index is 1.64. The fourth-order valence-corrected chi connectivity index (χ4v) is 4.96. The summed E-state index contributed by atoms with van der Waals surface area (Å²) >= 11 is 5.73. The maximum atomic E-state index is 14.9. The van der Waals surface area contributed by atoms with Gasteiger partial charge in [0, 0.05) is 36.5 Å². The zero-order valence-electron chi connectivity index (χ0n) is 18.4. The van der Waals surface area contributed by atoms with Gasteiger partial charge < -0.3 is 14.8 Å². The highest BCUT2D eigenvalue weighted by Crippen LogP contribution is 2.43. The van der Waals surface area contributed by atoms with Crippen LogP contribution in [0.1, 0.15) is 40.3 Å². The van der Waals surface area contributed by atoms with E-state index in [1.165, 1.54) is 6.07 Å². The molecule has 5 nitrogen and oxygen atoms in total. The van der Waals surface area contributed by atoms with Crippen molar-refractivity contribution < 1.29 is 4.39 Å². The van der Waals surface area contributed by atoms with E-state index in [0.29, 0.717) is 17.3 Å². The molecule has 1 aliphatic rings. The molecule has 1 saturated heterocycles. The van der Waals surface area contributed by atoms with Gasteiger partial charge in [-0.25, -0.2) is 4.39 Å². The van der Waals surface area contributed by atoms with Gasteiger partial charge in [0.15, 0.2) is 5.11 Å². The number of para-hydroxylation sites is 1. The SMILES string of the molecule is Cc1cc(C2C(c3ccccn3)NC(=S)N2c2ccccc2F)c(C)n1Cc1cccnc1. The van der Waals surface area contributed by atoms with Crippen molar-refractivity contribution in [3.63, 3.8) is 0 Å². The minimum absolute atomic E-state index is 0.217. The molecule has 0 spiro atoms. The van der Waals surface area contributed by atoms with E-state index in [4.69, 9.17) is 12.2 Å². The Hall–Kier alpha value is -3.58. The van der Waals surface area contributed by atoms with Gasteiger partial charge >= 0.3 is 0 Å². The molecule has 1 aromatic carbocycles. The molecule has 2 unspecified atom stereocenters. The number of hydrogen-bond acceptors (Lipinski definition) is 3. The van der Waals surface area contributed by atoms with Crippen LogP contribution in [0.3, 0.4) is 0 Å². The fraction of sp³-hybridized carbons (Fsp3) is 0.192. The zero-order valence-corrected chi connectivity index (χ0v) is 19.3. The van der Waals surface area contributed by atoms with Crippen LogP contribution >= 0.6 is 12.2 Å². The minimum atomic E-state index is -0.308. The van der Waals surface area contributed by atoms with Crippen LogP contribution in [0.15, 0.2) is 79.3 Å². The number of thiocarbonyl (C=S) groups is 1. The number of aromatic nitrogens is 3. The van der Waals surface area contributed by atoms with Crippen LogP contribution in [0.2, 0.25) is 0 Å². The van der Waals surface area contributed by atoms with Gasteiger partial charge in [-0.05, 0) is 73.6 Å². The summed E-state index contributed by atoms with van der Waals surface area (Å²) in [5.41, 5.74) is 5.75. The van der Waals surface area contributed by atoms with E-state index in [-0.39, 0.29) is 17.9 Å². The topological polar surface area (TPSA) is 46.0 Å². The lowest BCUT2D eigenvalue weighted by atomic mass is 9.96. The number of pyridine rings is 2.